The van der Waals surface area contributed by atoms with Crippen molar-refractivity contribution in [2.75, 3.05) is 24.5 Å². The first-order valence-electron chi connectivity index (χ1n) is 9.07. The van der Waals surface area contributed by atoms with Gasteiger partial charge in [0.15, 0.2) is 5.82 Å². The summed E-state index contributed by atoms with van der Waals surface area (Å²) in [5.41, 5.74) is 2.49. The fourth-order valence-electron chi connectivity index (χ4n) is 3.45. The van der Waals surface area contributed by atoms with Gasteiger partial charge in [0.2, 0.25) is 5.91 Å². The molecule has 1 amide bonds. The van der Waals surface area contributed by atoms with Crippen molar-refractivity contribution in [2.24, 2.45) is 5.92 Å². The highest BCUT2D eigenvalue weighted by molar-refractivity contribution is 5.76. The van der Waals surface area contributed by atoms with Crippen molar-refractivity contribution in [3.05, 3.63) is 41.3 Å². The van der Waals surface area contributed by atoms with Crippen LogP contribution >= 0.6 is 0 Å². The van der Waals surface area contributed by atoms with Crippen molar-refractivity contribution >= 4 is 11.6 Å². The van der Waals surface area contributed by atoms with Crippen molar-refractivity contribution in [3.63, 3.8) is 0 Å². The lowest BCUT2D eigenvalue weighted by Gasteiger charge is -2.33. The van der Waals surface area contributed by atoms with Crippen LogP contribution in [0.3, 0.4) is 0 Å². The molecule has 0 aromatic carbocycles. The molecule has 2 aromatic heterocycles. The van der Waals surface area contributed by atoms with E-state index in [0.29, 0.717) is 31.0 Å². The van der Waals surface area contributed by atoms with Gasteiger partial charge in [-0.05, 0) is 45.1 Å². The zero-order valence-electron chi connectivity index (χ0n) is 15.3. The van der Waals surface area contributed by atoms with E-state index in [1.54, 1.807) is 12.3 Å². The topological polar surface area (TPSA) is 71.3 Å². The summed E-state index contributed by atoms with van der Waals surface area (Å²) < 4.78 is 18.9. The van der Waals surface area contributed by atoms with Crippen LogP contribution in [0.5, 0.6) is 0 Å². The smallest absolute Gasteiger partial charge is 0.220 e. The fraction of sp³-hybridized carbons (Fsp3) is 0.526. The Morgan fingerprint density at radius 2 is 2.15 bits per heavy atom. The number of halogens is 1. The Hall–Kier alpha value is -2.44. The minimum Gasteiger partial charge on any atom is -0.369 e. The lowest BCUT2D eigenvalue weighted by molar-refractivity contribution is -0.121. The number of piperidine rings is 1. The summed E-state index contributed by atoms with van der Waals surface area (Å²) in [6.07, 6.45) is 5.82. The number of amides is 1. The summed E-state index contributed by atoms with van der Waals surface area (Å²) in [4.78, 5) is 17.9. The molecule has 1 aliphatic rings. The normalized spacial score (nSPS) is 15.3. The summed E-state index contributed by atoms with van der Waals surface area (Å²) in [5.74, 6) is 0.983. The van der Waals surface area contributed by atoms with Crippen LogP contribution < -0.4 is 10.2 Å². The SMILES string of the molecule is Cc1noc(C)c1CCC(=O)NCC1CCN(c2ccncc2F)CC1. The maximum Gasteiger partial charge on any atom is 0.220 e. The van der Waals surface area contributed by atoms with Crippen LogP contribution in [-0.4, -0.2) is 35.7 Å². The number of pyridine rings is 1. The van der Waals surface area contributed by atoms with E-state index >= 15 is 0 Å². The van der Waals surface area contributed by atoms with Crippen LogP contribution in [0.2, 0.25) is 0 Å². The fourth-order valence-corrected chi connectivity index (χ4v) is 3.45. The molecule has 2 aromatic rings. The van der Waals surface area contributed by atoms with Gasteiger partial charge in [-0.1, -0.05) is 5.16 Å². The molecule has 1 aliphatic heterocycles. The molecular formula is C19H25FN4O2. The van der Waals surface area contributed by atoms with Crippen LogP contribution in [0, 0.1) is 25.6 Å². The Morgan fingerprint density at radius 1 is 1.38 bits per heavy atom. The lowest BCUT2D eigenvalue weighted by Crippen LogP contribution is -2.39. The van der Waals surface area contributed by atoms with Crippen LogP contribution in [0.15, 0.2) is 23.0 Å². The van der Waals surface area contributed by atoms with E-state index in [2.05, 4.69) is 15.5 Å². The minimum atomic E-state index is -0.279. The van der Waals surface area contributed by atoms with Crippen LogP contribution in [-0.2, 0) is 11.2 Å². The van der Waals surface area contributed by atoms with Gasteiger partial charge in [0, 0.05) is 37.8 Å². The summed E-state index contributed by atoms with van der Waals surface area (Å²) in [6, 6.07) is 1.71. The van der Waals surface area contributed by atoms with Gasteiger partial charge in [0.1, 0.15) is 5.76 Å². The number of anilines is 1. The Morgan fingerprint density at radius 3 is 2.81 bits per heavy atom. The molecule has 0 radical (unpaired) electrons. The molecule has 3 rings (SSSR count). The van der Waals surface area contributed by atoms with Crippen molar-refractivity contribution in [1.29, 1.82) is 0 Å². The van der Waals surface area contributed by atoms with E-state index in [1.807, 2.05) is 18.7 Å². The molecule has 6 nitrogen and oxygen atoms in total. The van der Waals surface area contributed by atoms with Crippen molar-refractivity contribution in [2.45, 2.75) is 39.5 Å². The van der Waals surface area contributed by atoms with Gasteiger partial charge < -0.3 is 14.7 Å². The minimum absolute atomic E-state index is 0.0487. The molecule has 0 bridgehead atoms. The Labute approximate surface area is 152 Å². The highest BCUT2D eigenvalue weighted by atomic mass is 19.1. The summed E-state index contributed by atoms with van der Waals surface area (Å²) in [6.45, 7) is 6.02. The molecule has 1 fully saturated rings. The average molecular weight is 360 g/mol. The van der Waals surface area contributed by atoms with E-state index in [1.165, 1.54) is 6.20 Å². The number of aromatic nitrogens is 2. The molecule has 0 unspecified atom stereocenters. The zero-order chi connectivity index (χ0) is 18.5. The molecule has 3 heterocycles. The van der Waals surface area contributed by atoms with Crippen molar-refractivity contribution in [1.82, 2.24) is 15.5 Å². The largest absolute Gasteiger partial charge is 0.369 e. The van der Waals surface area contributed by atoms with Gasteiger partial charge in [0.25, 0.3) is 0 Å². The first-order valence-corrected chi connectivity index (χ1v) is 9.07. The molecule has 1 N–H and O–H groups in total. The monoisotopic (exact) mass is 360 g/mol. The second-order valence-corrected chi connectivity index (χ2v) is 6.86. The molecule has 0 aliphatic carbocycles. The van der Waals surface area contributed by atoms with Crippen LogP contribution in [0.4, 0.5) is 10.1 Å². The molecule has 0 atom stereocenters. The number of hydrogen-bond donors (Lipinski definition) is 1. The molecule has 140 valence electrons. The van der Waals surface area contributed by atoms with Crippen molar-refractivity contribution < 1.29 is 13.7 Å². The third-order valence-electron chi connectivity index (χ3n) is 5.08. The first-order chi connectivity index (χ1) is 12.5. The van der Waals surface area contributed by atoms with E-state index in [9.17, 15) is 9.18 Å². The molecule has 7 heteroatoms. The molecule has 1 saturated heterocycles. The maximum atomic E-state index is 13.8. The number of rotatable bonds is 6. The number of carbonyl (C=O) groups excluding carboxylic acids is 1. The molecule has 26 heavy (non-hydrogen) atoms. The second-order valence-electron chi connectivity index (χ2n) is 6.86. The maximum absolute atomic E-state index is 13.8. The predicted octanol–water partition coefficient (Wildman–Crippen LogP) is 2.79. The highest BCUT2D eigenvalue weighted by Crippen LogP contribution is 2.24. The van der Waals surface area contributed by atoms with Gasteiger partial charge in [-0.3, -0.25) is 9.78 Å². The van der Waals surface area contributed by atoms with Gasteiger partial charge in [0.05, 0.1) is 17.6 Å². The third kappa shape index (κ3) is 4.39. The van der Waals surface area contributed by atoms with Crippen LogP contribution in [0.25, 0.3) is 0 Å². The van der Waals surface area contributed by atoms with Gasteiger partial charge in [-0.25, -0.2) is 4.39 Å². The van der Waals surface area contributed by atoms with Gasteiger partial charge in [-0.15, -0.1) is 0 Å². The Bertz CT molecular complexity index is 734. The third-order valence-corrected chi connectivity index (χ3v) is 5.08. The highest BCUT2D eigenvalue weighted by Gasteiger charge is 2.21. The molecular weight excluding hydrogens is 335 g/mol. The summed E-state index contributed by atoms with van der Waals surface area (Å²) in [5, 5.41) is 6.94. The number of nitrogens with zero attached hydrogens (tertiary/aromatic N) is 3. The van der Waals surface area contributed by atoms with E-state index in [0.717, 1.165) is 42.9 Å². The number of hydrogen-bond acceptors (Lipinski definition) is 5. The standard InChI is InChI=1S/C19H25FN4O2/c1-13-16(14(2)26-23-13)3-4-19(25)22-11-15-6-9-24(10-7-15)18-5-8-21-12-17(18)20/h5,8,12,15H,3-4,6-7,9-11H2,1-2H3,(H,22,25). The quantitative estimate of drug-likeness (QED) is 0.858. The predicted molar refractivity (Wildman–Crippen MR) is 96.4 cm³/mol. The van der Waals surface area contributed by atoms with Crippen LogP contribution in [0.1, 0.15) is 36.3 Å². The average Bonchev–Trinajstić information content (AvgIpc) is 2.97. The van der Waals surface area contributed by atoms with E-state index in [4.69, 9.17) is 4.52 Å². The van der Waals surface area contributed by atoms with E-state index in [-0.39, 0.29) is 11.7 Å². The van der Waals surface area contributed by atoms with E-state index < -0.39 is 0 Å². The van der Waals surface area contributed by atoms with Gasteiger partial charge in [-0.2, -0.15) is 0 Å². The molecule has 0 spiro atoms. The first kappa shape index (κ1) is 18.4. The number of aryl methyl sites for hydroxylation is 2. The Balaban J connectivity index is 1.40. The lowest BCUT2D eigenvalue weighted by atomic mass is 9.96. The van der Waals surface area contributed by atoms with Gasteiger partial charge >= 0.3 is 0 Å². The Kier molecular flexibility index (Phi) is 5.85. The zero-order valence-corrected chi connectivity index (χ0v) is 15.3. The molecule has 0 saturated carbocycles. The number of carbonyl (C=O) groups is 1. The summed E-state index contributed by atoms with van der Waals surface area (Å²) >= 11 is 0. The van der Waals surface area contributed by atoms with Crippen molar-refractivity contribution in [3.8, 4) is 0 Å². The second kappa shape index (κ2) is 8.29. The number of nitrogens with one attached hydrogen (secondary N) is 1. The summed E-state index contributed by atoms with van der Waals surface area (Å²) in [7, 11) is 0.